The van der Waals surface area contributed by atoms with E-state index in [1.54, 1.807) is 11.9 Å². The third kappa shape index (κ3) is 5.47. The van der Waals surface area contributed by atoms with Crippen LogP contribution in [-0.2, 0) is 22.3 Å². The van der Waals surface area contributed by atoms with Crippen molar-refractivity contribution < 1.29 is 19.1 Å². The van der Waals surface area contributed by atoms with Crippen LogP contribution in [0.3, 0.4) is 0 Å². The minimum Gasteiger partial charge on any atom is -0.462 e. The fourth-order valence-electron chi connectivity index (χ4n) is 3.18. The minimum absolute atomic E-state index is 0.235. The molecule has 6 heteroatoms. The van der Waals surface area contributed by atoms with Crippen LogP contribution in [0, 0.1) is 6.92 Å². The van der Waals surface area contributed by atoms with Gasteiger partial charge < -0.3 is 14.4 Å². The van der Waals surface area contributed by atoms with Gasteiger partial charge in [0.05, 0.1) is 6.61 Å². The Morgan fingerprint density at radius 2 is 1.81 bits per heavy atom. The van der Waals surface area contributed by atoms with Crippen LogP contribution >= 0.6 is 11.3 Å². The lowest BCUT2D eigenvalue weighted by molar-refractivity contribution is 0.00540. The van der Waals surface area contributed by atoms with E-state index in [2.05, 4.69) is 6.92 Å². The van der Waals surface area contributed by atoms with E-state index < -0.39 is 5.60 Å². The van der Waals surface area contributed by atoms with Crippen molar-refractivity contribution in [2.45, 2.75) is 85.8 Å². The van der Waals surface area contributed by atoms with Crippen molar-refractivity contribution in [1.82, 2.24) is 4.90 Å². The number of rotatable bonds is 3. The van der Waals surface area contributed by atoms with Gasteiger partial charge in [0, 0.05) is 17.5 Å². The monoisotopic (exact) mass is 397 g/mol. The normalized spacial score (nSPS) is 18.7. The number of hydrogen-bond acceptors (Lipinski definition) is 5. The molecular formula is C21H35NO4S. The molecule has 0 saturated heterocycles. The standard InChI is InChI=1S/C19H29NO4S.C2H6/c1-8-23-16(21)15-13-9-10-19(6,11-14(13)12(2)25-15)20(7)17(22)24-18(3,4)5;1-2/h8-11H2,1-7H3;1-2H3. The lowest BCUT2D eigenvalue weighted by atomic mass is 9.78. The summed E-state index contributed by atoms with van der Waals surface area (Å²) in [4.78, 5) is 28.2. The summed E-state index contributed by atoms with van der Waals surface area (Å²) in [6.07, 6.45) is 1.97. The first-order chi connectivity index (χ1) is 12.5. The zero-order valence-corrected chi connectivity index (χ0v) is 19.1. The summed E-state index contributed by atoms with van der Waals surface area (Å²) >= 11 is 1.50. The van der Waals surface area contributed by atoms with Crippen molar-refractivity contribution in [3.63, 3.8) is 0 Å². The summed E-state index contributed by atoms with van der Waals surface area (Å²) in [6.45, 7) is 15.9. The smallest absolute Gasteiger partial charge is 0.410 e. The highest BCUT2D eigenvalue weighted by molar-refractivity contribution is 7.14. The first-order valence-corrected chi connectivity index (χ1v) is 10.5. The maximum absolute atomic E-state index is 12.5. The minimum atomic E-state index is -0.517. The van der Waals surface area contributed by atoms with E-state index in [4.69, 9.17) is 9.47 Å². The highest BCUT2D eigenvalue weighted by Gasteiger charge is 2.40. The predicted molar refractivity (Wildman–Crippen MR) is 111 cm³/mol. The third-order valence-corrected chi connectivity index (χ3v) is 5.90. The summed E-state index contributed by atoms with van der Waals surface area (Å²) in [6, 6.07) is 0. The number of amides is 1. The Bertz CT molecular complexity index is 674. The second-order valence-electron chi connectivity index (χ2n) is 7.88. The fraction of sp³-hybridized carbons (Fsp3) is 0.714. The predicted octanol–water partition coefficient (Wildman–Crippen LogP) is 5.37. The number of fused-ring (bicyclic) bond motifs is 1. The molecule has 1 heterocycles. The van der Waals surface area contributed by atoms with E-state index in [0.29, 0.717) is 6.61 Å². The molecule has 154 valence electrons. The molecule has 1 unspecified atom stereocenters. The van der Waals surface area contributed by atoms with E-state index in [9.17, 15) is 9.59 Å². The SMILES string of the molecule is CC.CCOC(=O)c1sc(C)c2c1CCC(C)(N(C)C(=O)OC(C)(C)C)C2. The van der Waals surface area contributed by atoms with Gasteiger partial charge in [0.2, 0.25) is 0 Å². The van der Waals surface area contributed by atoms with Crippen LogP contribution in [0.1, 0.15) is 80.6 Å². The van der Waals surface area contributed by atoms with Crippen LogP contribution in [0.2, 0.25) is 0 Å². The zero-order chi connectivity index (χ0) is 21.0. The number of hydrogen-bond donors (Lipinski definition) is 0. The maximum Gasteiger partial charge on any atom is 0.410 e. The Morgan fingerprint density at radius 3 is 2.33 bits per heavy atom. The fourth-order valence-corrected chi connectivity index (χ4v) is 4.30. The van der Waals surface area contributed by atoms with Crippen LogP contribution in [0.15, 0.2) is 0 Å². The summed E-state index contributed by atoms with van der Waals surface area (Å²) in [5.74, 6) is -0.235. The van der Waals surface area contributed by atoms with Crippen molar-refractivity contribution in [3.8, 4) is 0 Å². The van der Waals surface area contributed by atoms with Crippen molar-refractivity contribution in [1.29, 1.82) is 0 Å². The van der Waals surface area contributed by atoms with E-state index in [0.717, 1.165) is 34.6 Å². The first kappa shape index (κ1) is 23.5. The average Bonchev–Trinajstić information content (AvgIpc) is 2.91. The Kier molecular flexibility index (Phi) is 7.90. The van der Waals surface area contributed by atoms with E-state index in [-0.39, 0.29) is 17.6 Å². The van der Waals surface area contributed by atoms with Gasteiger partial charge in [-0.1, -0.05) is 13.8 Å². The molecule has 0 radical (unpaired) electrons. The van der Waals surface area contributed by atoms with Crippen molar-refractivity contribution in [3.05, 3.63) is 20.9 Å². The molecule has 1 aliphatic rings. The molecule has 1 aromatic rings. The van der Waals surface area contributed by atoms with Gasteiger partial charge in [-0.25, -0.2) is 9.59 Å². The second kappa shape index (κ2) is 9.09. The van der Waals surface area contributed by atoms with Crippen LogP contribution in [-0.4, -0.2) is 41.8 Å². The molecule has 0 N–H and O–H groups in total. The maximum atomic E-state index is 12.5. The van der Waals surface area contributed by atoms with Gasteiger partial charge in [-0.05, 0) is 71.9 Å². The molecule has 5 nitrogen and oxygen atoms in total. The molecule has 2 rings (SSSR count). The summed E-state index contributed by atoms with van der Waals surface area (Å²) in [5.41, 5.74) is 1.43. The molecule has 0 spiro atoms. The Hall–Kier alpha value is -1.56. The zero-order valence-electron chi connectivity index (χ0n) is 18.3. The van der Waals surface area contributed by atoms with Crippen molar-refractivity contribution >= 4 is 23.4 Å². The quantitative estimate of drug-likeness (QED) is 0.643. The summed E-state index contributed by atoms with van der Waals surface area (Å²) in [5, 5.41) is 0. The molecule has 0 bridgehead atoms. The Labute approximate surface area is 168 Å². The lowest BCUT2D eigenvalue weighted by Crippen LogP contribution is -2.52. The van der Waals surface area contributed by atoms with Gasteiger partial charge in [-0.15, -0.1) is 11.3 Å². The van der Waals surface area contributed by atoms with Gasteiger partial charge in [0.15, 0.2) is 0 Å². The molecular weight excluding hydrogens is 362 g/mol. The lowest BCUT2D eigenvalue weighted by Gasteiger charge is -2.42. The van der Waals surface area contributed by atoms with E-state index in [1.807, 2.05) is 48.5 Å². The van der Waals surface area contributed by atoms with Gasteiger partial charge in [-0.2, -0.15) is 0 Å². The van der Waals surface area contributed by atoms with Gasteiger partial charge in [-0.3, -0.25) is 0 Å². The molecule has 1 aromatic heterocycles. The van der Waals surface area contributed by atoms with Crippen molar-refractivity contribution in [2.75, 3.05) is 13.7 Å². The molecule has 0 fully saturated rings. The number of carbonyl (C=O) groups excluding carboxylic acids is 2. The van der Waals surface area contributed by atoms with Gasteiger partial charge in [0.1, 0.15) is 10.5 Å². The largest absolute Gasteiger partial charge is 0.462 e. The number of ether oxygens (including phenoxy) is 2. The molecule has 1 amide bonds. The Balaban J connectivity index is 0.00000176. The number of esters is 1. The van der Waals surface area contributed by atoms with Gasteiger partial charge in [0.25, 0.3) is 0 Å². The number of carbonyl (C=O) groups is 2. The number of nitrogens with zero attached hydrogens (tertiary/aromatic N) is 1. The highest BCUT2D eigenvalue weighted by Crippen LogP contribution is 2.40. The van der Waals surface area contributed by atoms with Crippen LogP contribution in [0.5, 0.6) is 0 Å². The number of aryl methyl sites for hydroxylation is 1. The number of likely N-dealkylation sites (N-methyl/N-ethyl adjacent to an activating group) is 1. The third-order valence-electron chi connectivity index (χ3n) is 4.73. The van der Waals surface area contributed by atoms with Crippen LogP contribution < -0.4 is 0 Å². The molecule has 1 atom stereocenters. The van der Waals surface area contributed by atoms with Crippen LogP contribution in [0.4, 0.5) is 4.79 Å². The summed E-state index contributed by atoms with van der Waals surface area (Å²) < 4.78 is 10.7. The average molecular weight is 398 g/mol. The molecule has 1 aliphatic carbocycles. The van der Waals surface area contributed by atoms with Crippen molar-refractivity contribution in [2.24, 2.45) is 0 Å². The molecule has 0 aromatic carbocycles. The number of thiophene rings is 1. The highest BCUT2D eigenvalue weighted by atomic mass is 32.1. The van der Waals surface area contributed by atoms with E-state index >= 15 is 0 Å². The topological polar surface area (TPSA) is 55.8 Å². The van der Waals surface area contributed by atoms with E-state index in [1.165, 1.54) is 16.9 Å². The molecule has 0 saturated carbocycles. The summed E-state index contributed by atoms with van der Waals surface area (Å²) in [7, 11) is 1.80. The van der Waals surface area contributed by atoms with Gasteiger partial charge >= 0.3 is 12.1 Å². The first-order valence-electron chi connectivity index (χ1n) is 9.73. The molecule has 27 heavy (non-hydrogen) atoms. The molecule has 0 aliphatic heterocycles. The Morgan fingerprint density at radius 1 is 1.22 bits per heavy atom. The van der Waals surface area contributed by atoms with Crippen LogP contribution in [0.25, 0.3) is 0 Å². The second-order valence-corrected chi connectivity index (χ2v) is 9.10.